The van der Waals surface area contributed by atoms with Crippen LogP contribution in [0.3, 0.4) is 0 Å². The first-order chi connectivity index (χ1) is 6.06. The number of hydrogen-bond acceptors (Lipinski definition) is 2. The van der Waals surface area contributed by atoms with Gasteiger partial charge in [0.25, 0.3) is 0 Å². The Morgan fingerprint density at radius 3 is 2.62 bits per heavy atom. The van der Waals surface area contributed by atoms with Gasteiger partial charge in [-0.05, 0) is 50.7 Å². The highest BCUT2D eigenvalue weighted by atomic mass is 127. The van der Waals surface area contributed by atoms with Gasteiger partial charge in [0, 0.05) is 5.56 Å². The number of carbonyl (C=O) groups is 1. The summed E-state index contributed by atoms with van der Waals surface area (Å²) in [6, 6.07) is 3.27. The van der Waals surface area contributed by atoms with E-state index in [0.29, 0.717) is 18.9 Å². The minimum Gasteiger partial charge on any atom is -0.506 e. The van der Waals surface area contributed by atoms with Gasteiger partial charge in [0.05, 0.1) is 13.4 Å². The van der Waals surface area contributed by atoms with E-state index in [9.17, 15) is 9.90 Å². The highest BCUT2D eigenvalue weighted by Gasteiger charge is 2.10. The predicted molar refractivity (Wildman–Crippen MR) is 66.6 cm³/mol. The van der Waals surface area contributed by atoms with Crippen molar-refractivity contribution in [3.05, 3.63) is 25.7 Å². The van der Waals surface area contributed by atoms with Gasteiger partial charge in [-0.25, -0.2) is 0 Å². The highest BCUT2D eigenvalue weighted by molar-refractivity contribution is 14.1. The van der Waals surface area contributed by atoms with Crippen molar-refractivity contribution in [2.45, 2.75) is 0 Å². The number of ketones is 1. The van der Waals surface area contributed by atoms with Crippen LogP contribution >= 0.6 is 54.5 Å². The number of halogens is 3. The quantitative estimate of drug-likeness (QED) is 0.453. The average molecular weight is 420 g/mol. The Labute approximate surface area is 106 Å². The van der Waals surface area contributed by atoms with Crippen LogP contribution in [0, 0.1) is 3.57 Å². The zero-order valence-corrected chi connectivity index (χ0v) is 11.7. The second kappa shape index (κ2) is 4.75. The third-order valence-electron chi connectivity index (χ3n) is 1.46. The lowest BCUT2D eigenvalue weighted by molar-refractivity contribution is 0.102. The second-order valence-corrected chi connectivity index (χ2v) is 4.92. The Balaban J connectivity index is 3.20. The van der Waals surface area contributed by atoms with E-state index >= 15 is 0 Å². The Morgan fingerprint density at radius 1 is 1.54 bits per heavy atom. The van der Waals surface area contributed by atoms with Crippen LogP contribution in [0.4, 0.5) is 0 Å². The first-order valence-electron chi connectivity index (χ1n) is 3.33. The first kappa shape index (κ1) is 11.5. The molecule has 70 valence electrons. The zero-order chi connectivity index (χ0) is 10.0. The van der Waals surface area contributed by atoms with Crippen LogP contribution in [0.5, 0.6) is 5.75 Å². The maximum atomic E-state index is 11.3. The third kappa shape index (κ3) is 2.66. The standard InChI is InChI=1S/C8H5Br2IO2/c9-3-7(12)4-1-5(10)8(13)6(11)2-4/h1-2,13H,3H2. The van der Waals surface area contributed by atoms with Gasteiger partial charge in [-0.2, -0.15) is 0 Å². The average Bonchev–Trinajstić information content (AvgIpc) is 2.12. The monoisotopic (exact) mass is 418 g/mol. The van der Waals surface area contributed by atoms with Crippen LogP contribution < -0.4 is 0 Å². The van der Waals surface area contributed by atoms with E-state index in [4.69, 9.17) is 0 Å². The Hall–Kier alpha value is 0.380. The predicted octanol–water partition coefficient (Wildman–Crippen LogP) is 3.34. The molecule has 0 spiro atoms. The van der Waals surface area contributed by atoms with Crippen molar-refractivity contribution < 1.29 is 9.90 Å². The summed E-state index contributed by atoms with van der Waals surface area (Å²) in [6.07, 6.45) is 0. The van der Waals surface area contributed by atoms with Gasteiger partial charge in [-0.15, -0.1) is 0 Å². The number of hydrogen-bond donors (Lipinski definition) is 1. The molecule has 1 aromatic rings. The van der Waals surface area contributed by atoms with Gasteiger partial charge >= 0.3 is 0 Å². The molecule has 0 heterocycles. The van der Waals surface area contributed by atoms with Crippen molar-refractivity contribution in [3.8, 4) is 5.75 Å². The molecule has 1 rings (SSSR count). The fraction of sp³-hybridized carbons (Fsp3) is 0.125. The van der Waals surface area contributed by atoms with E-state index in [1.165, 1.54) is 0 Å². The number of phenols is 1. The number of carbonyl (C=O) groups excluding carboxylic acids is 1. The van der Waals surface area contributed by atoms with E-state index in [2.05, 4.69) is 31.9 Å². The smallest absolute Gasteiger partial charge is 0.173 e. The maximum Gasteiger partial charge on any atom is 0.173 e. The van der Waals surface area contributed by atoms with Crippen LogP contribution in [0.1, 0.15) is 10.4 Å². The summed E-state index contributed by atoms with van der Waals surface area (Å²) in [7, 11) is 0. The van der Waals surface area contributed by atoms with Gasteiger partial charge in [0.15, 0.2) is 5.78 Å². The summed E-state index contributed by atoms with van der Waals surface area (Å²) >= 11 is 8.24. The van der Waals surface area contributed by atoms with E-state index in [1.807, 2.05) is 22.6 Å². The molecular formula is C8H5Br2IO2. The third-order valence-corrected chi connectivity index (χ3v) is 3.40. The molecule has 0 aliphatic heterocycles. The topological polar surface area (TPSA) is 37.3 Å². The summed E-state index contributed by atoms with van der Waals surface area (Å²) in [5.74, 6) is 0.172. The molecule has 0 radical (unpaired) electrons. The van der Waals surface area contributed by atoms with Crippen LogP contribution in [0.2, 0.25) is 0 Å². The summed E-state index contributed by atoms with van der Waals surface area (Å²) in [5, 5.41) is 9.70. The van der Waals surface area contributed by atoms with Crippen LogP contribution in [0.25, 0.3) is 0 Å². The summed E-state index contributed by atoms with van der Waals surface area (Å²) in [4.78, 5) is 11.3. The second-order valence-electron chi connectivity index (χ2n) is 2.35. The molecule has 0 bridgehead atoms. The van der Waals surface area contributed by atoms with E-state index in [0.717, 1.165) is 0 Å². The SMILES string of the molecule is O=C(CBr)c1cc(Br)c(O)c(I)c1. The van der Waals surface area contributed by atoms with Crippen LogP contribution in [0.15, 0.2) is 16.6 Å². The zero-order valence-electron chi connectivity index (χ0n) is 6.35. The van der Waals surface area contributed by atoms with E-state index in [1.54, 1.807) is 12.1 Å². The van der Waals surface area contributed by atoms with Crippen LogP contribution in [-0.2, 0) is 0 Å². The van der Waals surface area contributed by atoms with Crippen molar-refractivity contribution in [3.63, 3.8) is 0 Å². The maximum absolute atomic E-state index is 11.3. The molecule has 1 N–H and O–H groups in total. The molecule has 1 aromatic carbocycles. The molecule has 13 heavy (non-hydrogen) atoms. The first-order valence-corrected chi connectivity index (χ1v) is 6.32. The number of rotatable bonds is 2. The number of Topliss-reactive ketones (excluding diaryl/α,β-unsaturated/α-hetero) is 1. The lowest BCUT2D eigenvalue weighted by Gasteiger charge is -2.03. The van der Waals surface area contributed by atoms with Gasteiger partial charge in [-0.1, -0.05) is 15.9 Å². The molecule has 0 atom stereocenters. The Bertz CT molecular complexity index is 329. The van der Waals surface area contributed by atoms with Gasteiger partial charge in [0.1, 0.15) is 5.75 Å². The van der Waals surface area contributed by atoms with Gasteiger partial charge in [-0.3, -0.25) is 4.79 Å². The molecule has 0 saturated carbocycles. The molecule has 0 aliphatic rings. The minimum atomic E-state index is -0.00128. The largest absolute Gasteiger partial charge is 0.506 e. The van der Waals surface area contributed by atoms with Crippen molar-refractivity contribution in [1.29, 1.82) is 0 Å². The van der Waals surface area contributed by atoms with Gasteiger partial charge in [0.2, 0.25) is 0 Å². The minimum absolute atomic E-state index is 0.00128. The normalized spacial score (nSPS) is 10.1. The molecule has 0 fully saturated rings. The fourth-order valence-corrected chi connectivity index (χ4v) is 2.58. The summed E-state index contributed by atoms with van der Waals surface area (Å²) in [6.45, 7) is 0. The number of aromatic hydroxyl groups is 1. The molecule has 0 aromatic heterocycles. The van der Waals surface area contributed by atoms with E-state index in [-0.39, 0.29) is 11.5 Å². The summed E-state index contributed by atoms with van der Waals surface area (Å²) in [5.41, 5.74) is 0.589. The van der Waals surface area contributed by atoms with E-state index < -0.39 is 0 Å². The molecule has 5 heteroatoms. The Morgan fingerprint density at radius 2 is 2.15 bits per heavy atom. The lowest BCUT2D eigenvalue weighted by Crippen LogP contribution is -2.00. The Kier molecular flexibility index (Phi) is 4.18. The number of benzene rings is 1. The number of phenolic OH excluding ortho intramolecular Hbond substituents is 1. The lowest BCUT2D eigenvalue weighted by atomic mass is 10.1. The summed E-state index contributed by atoms with van der Waals surface area (Å²) < 4.78 is 1.21. The fourth-order valence-electron chi connectivity index (χ4n) is 0.804. The van der Waals surface area contributed by atoms with Crippen molar-refractivity contribution in [2.75, 3.05) is 5.33 Å². The molecule has 0 amide bonds. The van der Waals surface area contributed by atoms with Crippen LogP contribution in [-0.4, -0.2) is 16.2 Å². The number of alkyl halides is 1. The molecule has 0 unspecified atom stereocenters. The van der Waals surface area contributed by atoms with Crippen molar-refractivity contribution >= 4 is 60.2 Å². The molecular weight excluding hydrogens is 415 g/mol. The molecule has 0 aliphatic carbocycles. The molecule has 2 nitrogen and oxygen atoms in total. The van der Waals surface area contributed by atoms with Crippen molar-refractivity contribution in [2.24, 2.45) is 0 Å². The van der Waals surface area contributed by atoms with Crippen molar-refractivity contribution in [1.82, 2.24) is 0 Å². The van der Waals surface area contributed by atoms with Gasteiger partial charge < -0.3 is 5.11 Å². The highest BCUT2D eigenvalue weighted by Crippen LogP contribution is 2.30. The molecule has 0 saturated heterocycles.